The highest BCUT2D eigenvalue weighted by Gasteiger charge is 2.85. The molecule has 8 heteroatoms. The van der Waals surface area contributed by atoms with Crippen molar-refractivity contribution < 1.29 is 33.6 Å². The molecule has 13 atom stereocenters. The average molecular weight is 706 g/mol. The van der Waals surface area contributed by atoms with Crippen LogP contribution in [0.25, 0.3) is 0 Å². The van der Waals surface area contributed by atoms with Gasteiger partial charge in [-0.15, -0.1) is 0 Å². The second kappa shape index (κ2) is 12.1. The molecule has 5 aliphatic carbocycles. The van der Waals surface area contributed by atoms with Gasteiger partial charge in [0.2, 0.25) is 0 Å². The van der Waals surface area contributed by atoms with Crippen molar-refractivity contribution in [1.82, 2.24) is 4.90 Å². The summed E-state index contributed by atoms with van der Waals surface area (Å²) >= 11 is 0. The van der Waals surface area contributed by atoms with Crippen molar-refractivity contribution in [1.29, 1.82) is 0 Å². The number of ketones is 1. The molecule has 282 valence electrons. The van der Waals surface area contributed by atoms with Crippen molar-refractivity contribution in [3.63, 3.8) is 0 Å². The maximum Gasteiger partial charge on any atom is 0.303 e. The third kappa shape index (κ3) is 5.22. The quantitative estimate of drug-likeness (QED) is 0.305. The van der Waals surface area contributed by atoms with E-state index in [1.807, 2.05) is 0 Å². The first kappa shape index (κ1) is 36.2. The highest BCUT2D eigenvalue weighted by atomic mass is 16.7. The first-order chi connectivity index (χ1) is 24.0. The van der Waals surface area contributed by atoms with E-state index in [-0.39, 0.29) is 51.7 Å². The summed E-state index contributed by atoms with van der Waals surface area (Å²) in [6, 6.07) is 10.7. The third-order valence-corrected chi connectivity index (χ3v) is 16.5. The number of benzene rings is 1. The van der Waals surface area contributed by atoms with Crippen LogP contribution in [0.4, 0.5) is 0 Å². The van der Waals surface area contributed by atoms with Gasteiger partial charge < -0.3 is 24.1 Å². The smallest absolute Gasteiger partial charge is 0.303 e. The number of carbonyl (C=O) groups is 2. The van der Waals surface area contributed by atoms with Crippen LogP contribution < -0.4 is 0 Å². The Morgan fingerprint density at radius 1 is 1.04 bits per heavy atom. The van der Waals surface area contributed by atoms with E-state index in [0.717, 1.165) is 45.3 Å². The van der Waals surface area contributed by atoms with Gasteiger partial charge in [-0.3, -0.25) is 14.5 Å². The normalized spacial score (nSPS) is 46.5. The van der Waals surface area contributed by atoms with Gasteiger partial charge in [0, 0.05) is 37.9 Å². The van der Waals surface area contributed by atoms with Crippen LogP contribution in [0.2, 0.25) is 0 Å². The van der Waals surface area contributed by atoms with E-state index in [1.165, 1.54) is 31.7 Å². The second-order valence-electron chi connectivity index (χ2n) is 19.7. The summed E-state index contributed by atoms with van der Waals surface area (Å²) in [7, 11) is 0. The van der Waals surface area contributed by atoms with Crippen molar-refractivity contribution >= 4 is 11.8 Å². The zero-order chi connectivity index (χ0) is 36.4. The second-order valence-corrected chi connectivity index (χ2v) is 19.7. The standard InChI is InChI=1S/C43H63NO7/c1-26-22-29(37(39(5,6)47)49-27(2)45)50-35-34(26)40(7)18-19-43-25-42(43)17-16-32(38(3,4)30(42)14-15-31(43)41(40,8)36(35)46)51-33-24-44(20-21-48-33)23-28-12-10-9-11-13-28/h9-13,26,29-35,37,47H,14-25H2,1-8H3/t26-,29-,30+,31+,32+,33+,34+,35+,37+,40-,41-,42?,43+/m1/s1. The van der Waals surface area contributed by atoms with E-state index in [4.69, 9.17) is 18.9 Å². The topological polar surface area (TPSA) is 94.5 Å². The van der Waals surface area contributed by atoms with Crippen molar-refractivity contribution in [2.45, 2.75) is 150 Å². The molecule has 5 saturated carbocycles. The zero-order valence-electron chi connectivity index (χ0n) is 32.4. The Kier molecular flexibility index (Phi) is 8.56. The molecule has 1 aromatic carbocycles. The molecule has 2 saturated heterocycles. The minimum atomic E-state index is -1.28. The molecule has 7 fully saturated rings. The molecular formula is C43H63NO7. The predicted octanol–water partition coefficient (Wildman–Crippen LogP) is 6.95. The molecule has 2 aliphatic heterocycles. The van der Waals surface area contributed by atoms with Crippen molar-refractivity contribution in [3.8, 4) is 0 Å². The number of Topliss-reactive ketones (excluding diaryl/α,β-unsaturated/α-hetero) is 1. The Hall–Kier alpha value is -1.84. The number of esters is 1. The molecule has 2 heterocycles. The highest BCUT2D eigenvalue weighted by Crippen LogP contribution is 2.89. The molecule has 8 nitrogen and oxygen atoms in total. The Morgan fingerprint density at radius 3 is 2.45 bits per heavy atom. The first-order valence-electron chi connectivity index (χ1n) is 20.1. The number of rotatable bonds is 7. The Labute approximate surface area is 305 Å². The fraction of sp³-hybridized carbons (Fsp3) is 0.814. The van der Waals surface area contributed by atoms with E-state index in [0.29, 0.717) is 24.9 Å². The van der Waals surface area contributed by atoms with Crippen LogP contribution in [0.1, 0.15) is 112 Å². The van der Waals surface area contributed by atoms with Crippen LogP contribution in [-0.4, -0.2) is 77.8 Å². The predicted molar refractivity (Wildman–Crippen MR) is 193 cm³/mol. The molecule has 1 aromatic rings. The van der Waals surface area contributed by atoms with Crippen LogP contribution in [0.15, 0.2) is 30.3 Å². The average Bonchev–Trinajstić information content (AvgIpc) is 3.70. The number of hydrogen-bond acceptors (Lipinski definition) is 8. The van der Waals surface area contributed by atoms with Crippen LogP contribution in [0.5, 0.6) is 0 Å². The summed E-state index contributed by atoms with van der Waals surface area (Å²) in [4.78, 5) is 29.6. The van der Waals surface area contributed by atoms with Crippen LogP contribution in [0, 0.1) is 50.7 Å². The molecule has 1 unspecified atom stereocenters. The number of hydrogen-bond donors (Lipinski definition) is 1. The van der Waals surface area contributed by atoms with Crippen LogP contribution >= 0.6 is 0 Å². The molecule has 8 rings (SSSR count). The van der Waals surface area contributed by atoms with Gasteiger partial charge >= 0.3 is 5.97 Å². The van der Waals surface area contributed by atoms with Gasteiger partial charge in [0.05, 0.1) is 24.4 Å². The SMILES string of the molecule is CC(=O)O[C@@H]([C@H]1C[C@@H](C)[C@H]2[C@H](O1)C(=O)[C@@]1(C)[C@@H]3CC[C@H]4C(C)(C)[C@@H](O[C@H]5CN(Cc6ccccc6)CCO5)CCC45C[C@@]35CC[C@]21C)C(C)(C)O. The van der Waals surface area contributed by atoms with Gasteiger partial charge in [0.15, 0.2) is 18.2 Å². The lowest BCUT2D eigenvalue weighted by Gasteiger charge is -2.62. The number of ether oxygens (including phenoxy) is 4. The van der Waals surface area contributed by atoms with E-state index in [9.17, 15) is 9.90 Å². The summed E-state index contributed by atoms with van der Waals surface area (Å²) in [5, 5.41) is 11.0. The largest absolute Gasteiger partial charge is 0.457 e. The minimum absolute atomic E-state index is 0.0147. The Morgan fingerprint density at radius 2 is 1.75 bits per heavy atom. The highest BCUT2D eigenvalue weighted by molar-refractivity contribution is 5.93. The van der Waals surface area contributed by atoms with Gasteiger partial charge in [-0.25, -0.2) is 0 Å². The lowest BCUT2D eigenvalue weighted by molar-refractivity contribution is -0.247. The zero-order valence-corrected chi connectivity index (χ0v) is 32.4. The first-order valence-corrected chi connectivity index (χ1v) is 20.1. The molecule has 1 N–H and O–H groups in total. The van der Waals surface area contributed by atoms with Gasteiger partial charge in [0.1, 0.15) is 6.10 Å². The van der Waals surface area contributed by atoms with E-state index >= 15 is 4.79 Å². The van der Waals surface area contributed by atoms with Crippen molar-refractivity contribution in [3.05, 3.63) is 35.9 Å². The van der Waals surface area contributed by atoms with E-state index in [2.05, 4.69) is 69.9 Å². The third-order valence-electron chi connectivity index (χ3n) is 16.5. The number of carbonyl (C=O) groups excluding carboxylic acids is 2. The van der Waals surface area contributed by atoms with Crippen molar-refractivity contribution in [2.75, 3.05) is 19.7 Å². The monoisotopic (exact) mass is 705 g/mol. The molecule has 7 aliphatic rings. The van der Waals surface area contributed by atoms with Crippen molar-refractivity contribution in [2.24, 2.45) is 50.7 Å². The van der Waals surface area contributed by atoms with E-state index in [1.54, 1.807) is 13.8 Å². The lowest BCUT2D eigenvalue weighted by atomic mass is 9.41. The molecule has 0 bridgehead atoms. The van der Waals surface area contributed by atoms with Crippen LogP contribution in [0.3, 0.4) is 0 Å². The molecule has 2 spiro atoms. The number of nitrogens with zero attached hydrogens (tertiary/aromatic N) is 1. The van der Waals surface area contributed by atoms with Crippen LogP contribution in [-0.2, 0) is 35.1 Å². The summed E-state index contributed by atoms with van der Waals surface area (Å²) in [5.74, 6) is 1.05. The number of fused-ring (bicyclic) bond motifs is 4. The maximum atomic E-state index is 15.1. The Bertz CT molecular complexity index is 1520. The summed E-state index contributed by atoms with van der Waals surface area (Å²) in [6.45, 7) is 19.9. The summed E-state index contributed by atoms with van der Waals surface area (Å²) < 4.78 is 25.7. The summed E-state index contributed by atoms with van der Waals surface area (Å²) in [5.41, 5.74) is -0.113. The van der Waals surface area contributed by atoms with E-state index < -0.39 is 35.3 Å². The van der Waals surface area contributed by atoms with Gasteiger partial charge in [-0.2, -0.15) is 0 Å². The maximum absolute atomic E-state index is 15.1. The number of morpholine rings is 1. The Balaban J connectivity index is 1.00. The van der Waals surface area contributed by atoms with Gasteiger partial charge in [0.25, 0.3) is 0 Å². The molecule has 51 heavy (non-hydrogen) atoms. The molecule has 0 amide bonds. The minimum Gasteiger partial charge on any atom is -0.457 e. The van der Waals surface area contributed by atoms with Gasteiger partial charge in [-0.05, 0) is 110 Å². The molecule has 0 aromatic heterocycles. The summed E-state index contributed by atoms with van der Waals surface area (Å²) in [6.07, 6.45) is 6.61. The molecular weight excluding hydrogens is 642 g/mol. The fourth-order valence-electron chi connectivity index (χ4n) is 14.2. The number of aliphatic hydroxyl groups is 1. The molecule has 0 radical (unpaired) electrons. The van der Waals surface area contributed by atoms with Gasteiger partial charge in [-0.1, -0.05) is 65.0 Å². The lowest BCUT2D eigenvalue weighted by Crippen LogP contribution is -2.59. The fourth-order valence-corrected chi connectivity index (χ4v) is 14.2.